The van der Waals surface area contributed by atoms with Gasteiger partial charge in [0, 0.05) is 25.3 Å². The molecule has 2 aliphatic heterocycles. The van der Waals surface area contributed by atoms with Crippen LogP contribution in [0.2, 0.25) is 0 Å². The maximum atomic E-state index is 12.9. The van der Waals surface area contributed by atoms with E-state index in [1.54, 1.807) is 36.3 Å². The normalized spacial score (nSPS) is 22.0. The van der Waals surface area contributed by atoms with Crippen molar-refractivity contribution in [3.8, 4) is 0 Å². The summed E-state index contributed by atoms with van der Waals surface area (Å²) in [5.41, 5.74) is 8.40. The van der Waals surface area contributed by atoms with Crippen LogP contribution in [-0.2, 0) is 16.4 Å². The maximum Gasteiger partial charge on any atom is 0.273 e. The van der Waals surface area contributed by atoms with E-state index in [4.69, 9.17) is 5.73 Å². The fourth-order valence-corrected chi connectivity index (χ4v) is 6.62. The summed E-state index contributed by atoms with van der Waals surface area (Å²) in [6.07, 6.45) is 0.805. The van der Waals surface area contributed by atoms with Crippen LogP contribution in [0.25, 0.3) is 0 Å². The first-order chi connectivity index (χ1) is 12.5. The van der Waals surface area contributed by atoms with Crippen LogP contribution in [0.1, 0.15) is 5.56 Å². The predicted octanol–water partition coefficient (Wildman–Crippen LogP) is 2.38. The van der Waals surface area contributed by atoms with Crippen LogP contribution in [0, 0.1) is 0 Å². The van der Waals surface area contributed by atoms with E-state index >= 15 is 0 Å². The zero-order valence-electron chi connectivity index (χ0n) is 14.3. The van der Waals surface area contributed by atoms with Crippen LogP contribution in [-0.4, -0.2) is 44.9 Å². The first kappa shape index (κ1) is 17.8. The summed E-state index contributed by atoms with van der Waals surface area (Å²) in [6.45, 7) is 1.37. The lowest BCUT2D eigenvalue weighted by Crippen LogP contribution is -2.28. The van der Waals surface area contributed by atoms with E-state index in [2.05, 4.69) is 10.3 Å². The highest BCUT2D eigenvalue weighted by molar-refractivity contribution is 8.15. The Bertz CT molecular complexity index is 941. The number of aliphatic imine (C=N–C) groups is 1. The Hall–Kier alpha value is -1.55. The fourth-order valence-electron chi connectivity index (χ4n) is 3.21. The highest BCUT2D eigenvalue weighted by Crippen LogP contribution is 2.39. The molecular weight excluding hydrogens is 388 g/mol. The molecule has 0 saturated heterocycles. The molecule has 0 fully saturated rings. The third-order valence-corrected chi connectivity index (χ3v) is 9.09. The van der Waals surface area contributed by atoms with Gasteiger partial charge in [-0.05, 0) is 23.1 Å². The third-order valence-electron chi connectivity index (χ3n) is 4.62. The van der Waals surface area contributed by atoms with E-state index in [1.807, 2.05) is 18.2 Å². The lowest BCUT2D eigenvalue weighted by molar-refractivity contribution is 0.596. The molecule has 0 bridgehead atoms. The van der Waals surface area contributed by atoms with Crippen LogP contribution < -0.4 is 15.4 Å². The van der Waals surface area contributed by atoms with E-state index in [1.165, 1.54) is 15.6 Å². The Morgan fingerprint density at radius 2 is 2.19 bits per heavy atom. The average molecular weight is 409 g/mol. The molecule has 9 heteroatoms. The van der Waals surface area contributed by atoms with E-state index in [0.717, 1.165) is 29.3 Å². The van der Waals surface area contributed by atoms with Gasteiger partial charge in [0.1, 0.15) is 4.21 Å². The van der Waals surface area contributed by atoms with Crippen LogP contribution >= 0.6 is 23.1 Å². The van der Waals surface area contributed by atoms with Gasteiger partial charge in [-0.1, -0.05) is 18.2 Å². The maximum absolute atomic E-state index is 12.9. The predicted molar refractivity (Wildman–Crippen MR) is 110 cm³/mol. The van der Waals surface area contributed by atoms with Crippen molar-refractivity contribution >= 4 is 49.5 Å². The van der Waals surface area contributed by atoms with Crippen molar-refractivity contribution in [2.75, 3.05) is 29.8 Å². The molecule has 2 unspecified atom stereocenters. The highest BCUT2D eigenvalue weighted by Gasteiger charge is 2.33. The Morgan fingerprint density at radius 1 is 1.35 bits per heavy atom. The lowest BCUT2D eigenvalue weighted by Gasteiger charge is -2.22. The number of rotatable bonds is 5. The van der Waals surface area contributed by atoms with Gasteiger partial charge in [0.25, 0.3) is 10.0 Å². The average Bonchev–Trinajstić information content (AvgIpc) is 3.39. The minimum Gasteiger partial charge on any atom is -0.374 e. The van der Waals surface area contributed by atoms with E-state index in [0.29, 0.717) is 21.7 Å². The summed E-state index contributed by atoms with van der Waals surface area (Å²) in [7, 11) is -1.96. The molecule has 0 radical (unpaired) electrons. The second-order valence-electron chi connectivity index (χ2n) is 6.27. The van der Waals surface area contributed by atoms with E-state index in [9.17, 15) is 8.42 Å². The first-order valence-electron chi connectivity index (χ1n) is 8.32. The van der Waals surface area contributed by atoms with Gasteiger partial charge in [-0.2, -0.15) is 0 Å². The lowest BCUT2D eigenvalue weighted by atomic mass is 10.1. The van der Waals surface area contributed by atoms with Crippen molar-refractivity contribution in [2.24, 2.45) is 10.7 Å². The number of benzene rings is 1. The Morgan fingerprint density at radius 3 is 2.88 bits per heavy atom. The SMILES string of the molecule is CN(c1cccc2c1NC(C1=NCC(CN)S1)C2)S(=O)(=O)c1cccs1. The molecule has 3 heterocycles. The van der Waals surface area contributed by atoms with Crippen molar-refractivity contribution in [3.05, 3.63) is 41.3 Å². The molecule has 0 aliphatic carbocycles. The molecule has 3 N–H and O–H groups in total. The number of nitrogens with zero attached hydrogens (tertiary/aromatic N) is 2. The van der Waals surface area contributed by atoms with E-state index in [-0.39, 0.29) is 6.04 Å². The topological polar surface area (TPSA) is 87.8 Å². The second kappa shape index (κ2) is 6.88. The van der Waals surface area contributed by atoms with E-state index < -0.39 is 10.0 Å². The number of sulfonamides is 1. The van der Waals surface area contributed by atoms with Crippen molar-refractivity contribution in [1.82, 2.24) is 0 Å². The molecule has 0 saturated carbocycles. The van der Waals surface area contributed by atoms with Gasteiger partial charge < -0.3 is 11.1 Å². The largest absolute Gasteiger partial charge is 0.374 e. The summed E-state index contributed by atoms with van der Waals surface area (Å²) in [4.78, 5) is 4.62. The smallest absolute Gasteiger partial charge is 0.273 e. The number of thiophene rings is 1. The minimum atomic E-state index is -3.56. The van der Waals surface area contributed by atoms with Gasteiger partial charge in [0.2, 0.25) is 0 Å². The molecular formula is C17H20N4O2S3. The Kier molecular flexibility index (Phi) is 4.72. The van der Waals surface area contributed by atoms with Crippen molar-refractivity contribution < 1.29 is 8.42 Å². The first-order valence-corrected chi connectivity index (χ1v) is 11.5. The van der Waals surface area contributed by atoms with Crippen LogP contribution in [0.15, 0.2) is 44.9 Å². The van der Waals surface area contributed by atoms with Crippen molar-refractivity contribution in [3.63, 3.8) is 0 Å². The Labute approximate surface area is 161 Å². The molecule has 26 heavy (non-hydrogen) atoms. The Balaban J connectivity index is 1.62. The fraction of sp³-hybridized carbons (Fsp3) is 0.353. The molecule has 1 aromatic carbocycles. The van der Waals surface area contributed by atoms with Gasteiger partial charge in [-0.15, -0.1) is 23.1 Å². The molecule has 0 spiro atoms. The number of nitrogens with two attached hydrogens (primary N) is 1. The molecule has 4 rings (SSSR count). The quantitative estimate of drug-likeness (QED) is 0.793. The highest BCUT2D eigenvalue weighted by atomic mass is 32.2. The summed E-state index contributed by atoms with van der Waals surface area (Å²) in [5.74, 6) is 0. The molecule has 2 atom stereocenters. The summed E-state index contributed by atoms with van der Waals surface area (Å²) < 4.78 is 27.5. The van der Waals surface area contributed by atoms with Crippen molar-refractivity contribution in [2.45, 2.75) is 21.9 Å². The molecule has 1 aromatic heterocycles. The number of hydrogen-bond acceptors (Lipinski definition) is 7. The summed E-state index contributed by atoms with van der Waals surface area (Å²) >= 11 is 2.95. The van der Waals surface area contributed by atoms with Gasteiger partial charge in [-0.3, -0.25) is 9.30 Å². The number of fused-ring (bicyclic) bond motifs is 1. The molecule has 6 nitrogen and oxygen atoms in total. The number of nitrogens with one attached hydrogen (secondary N) is 1. The van der Waals surface area contributed by atoms with Crippen LogP contribution in [0.3, 0.4) is 0 Å². The van der Waals surface area contributed by atoms with Crippen LogP contribution in [0.5, 0.6) is 0 Å². The number of hydrogen-bond donors (Lipinski definition) is 2. The third kappa shape index (κ3) is 3.02. The summed E-state index contributed by atoms with van der Waals surface area (Å²) in [5, 5.41) is 6.67. The van der Waals surface area contributed by atoms with Gasteiger partial charge in [0.05, 0.1) is 29.0 Å². The van der Waals surface area contributed by atoms with Gasteiger partial charge >= 0.3 is 0 Å². The number of thioether (sulfide) groups is 1. The summed E-state index contributed by atoms with van der Waals surface area (Å²) in [6, 6.07) is 9.25. The number of para-hydroxylation sites is 1. The second-order valence-corrected chi connectivity index (χ2v) is 10.7. The molecule has 0 amide bonds. The van der Waals surface area contributed by atoms with Gasteiger partial charge in [0.15, 0.2) is 0 Å². The van der Waals surface area contributed by atoms with Crippen LogP contribution in [0.4, 0.5) is 11.4 Å². The standard InChI is InChI=1S/C17H20N4O2S3/c1-21(26(22,23)15-6-3-7-24-15)14-5-2-4-11-8-13(20-16(11)14)17-19-10-12(9-18)25-17/h2-7,12-13,20H,8-10,18H2,1H3. The molecule has 2 aromatic rings. The number of anilines is 2. The molecule has 2 aliphatic rings. The monoisotopic (exact) mass is 408 g/mol. The zero-order chi connectivity index (χ0) is 18.3. The van der Waals surface area contributed by atoms with Gasteiger partial charge in [-0.25, -0.2) is 8.42 Å². The zero-order valence-corrected chi connectivity index (χ0v) is 16.7. The minimum absolute atomic E-state index is 0.0885. The molecule has 138 valence electrons. The van der Waals surface area contributed by atoms with Crippen molar-refractivity contribution in [1.29, 1.82) is 0 Å².